The molecule has 0 aliphatic carbocycles. The predicted octanol–water partition coefficient (Wildman–Crippen LogP) is 3.60. The van der Waals surface area contributed by atoms with E-state index in [1.165, 1.54) is 18.7 Å². The van der Waals surface area contributed by atoms with E-state index < -0.39 is 0 Å². The Hall–Kier alpha value is -2.80. The van der Waals surface area contributed by atoms with Crippen LogP contribution in [0.1, 0.15) is 24.2 Å². The zero-order valence-electron chi connectivity index (χ0n) is 15.3. The number of nitrogens with one attached hydrogen (secondary N) is 2. The lowest BCUT2D eigenvalue weighted by Crippen LogP contribution is -2.16. The molecule has 0 saturated carbocycles. The maximum absolute atomic E-state index is 12.2. The Labute approximate surface area is 162 Å². The Balaban J connectivity index is 1.81. The number of hydrogen-bond donors (Lipinski definition) is 2. The minimum atomic E-state index is -0.194. The second-order valence-electron chi connectivity index (χ2n) is 5.65. The highest BCUT2D eigenvalue weighted by Gasteiger charge is 2.10. The van der Waals surface area contributed by atoms with Crippen LogP contribution < -0.4 is 15.4 Å². The summed E-state index contributed by atoms with van der Waals surface area (Å²) < 4.78 is 5.47. The van der Waals surface area contributed by atoms with Gasteiger partial charge < -0.3 is 15.4 Å². The van der Waals surface area contributed by atoms with Crippen molar-refractivity contribution in [2.24, 2.45) is 0 Å². The molecule has 0 aliphatic rings. The third-order valence-corrected chi connectivity index (χ3v) is 4.39. The molecule has 2 N–H and O–H groups in total. The van der Waals surface area contributed by atoms with Crippen molar-refractivity contribution in [1.29, 1.82) is 0 Å². The van der Waals surface area contributed by atoms with Crippen LogP contribution in [-0.4, -0.2) is 35.7 Å². The molecule has 0 atom stereocenters. The lowest BCUT2D eigenvalue weighted by molar-refractivity contribution is -0.114. The summed E-state index contributed by atoms with van der Waals surface area (Å²) in [5, 5.41) is 5.45. The summed E-state index contributed by atoms with van der Waals surface area (Å²) in [7, 11) is 0. The Bertz CT molecular complexity index is 806. The number of ketones is 1. The Kier molecular flexibility index (Phi) is 7.88. The Morgan fingerprint density at radius 3 is 2.33 bits per heavy atom. The van der Waals surface area contributed by atoms with Crippen molar-refractivity contribution < 1.29 is 19.1 Å². The first-order valence-corrected chi connectivity index (χ1v) is 9.65. The zero-order chi connectivity index (χ0) is 19.6. The maximum Gasteiger partial charge on any atom is 0.234 e. The van der Waals surface area contributed by atoms with Gasteiger partial charge in [0.2, 0.25) is 11.8 Å². The van der Waals surface area contributed by atoms with Crippen LogP contribution in [-0.2, 0) is 9.59 Å². The van der Waals surface area contributed by atoms with E-state index in [0.717, 1.165) is 0 Å². The van der Waals surface area contributed by atoms with Gasteiger partial charge in [-0.25, -0.2) is 0 Å². The monoisotopic (exact) mass is 386 g/mol. The van der Waals surface area contributed by atoms with E-state index in [-0.39, 0.29) is 29.1 Å². The summed E-state index contributed by atoms with van der Waals surface area (Å²) in [6.07, 6.45) is 0. The van der Waals surface area contributed by atoms with E-state index in [1.807, 2.05) is 19.1 Å². The fraction of sp³-hybridized carbons (Fsp3) is 0.250. The SMILES string of the molecule is CCOc1ccccc1NC(=O)CSCC(=O)c1ccc(NC(C)=O)cc1. The molecular weight excluding hydrogens is 364 g/mol. The van der Waals surface area contributed by atoms with Crippen LogP contribution >= 0.6 is 11.8 Å². The number of thioether (sulfide) groups is 1. The van der Waals surface area contributed by atoms with Crippen molar-refractivity contribution >= 4 is 40.7 Å². The van der Waals surface area contributed by atoms with Gasteiger partial charge in [0.1, 0.15) is 5.75 Å². The summed E-state index contributed by atoms with van der Waals surface area (Å²) in [5.41, 5.74) is 1.79. The molecule has 142 valence electrons. The van der Waals surface area contributed by atoms with Gasteiger partial charge in [0, 0.05) is 18.2 Å². The highest BCUT2D eigenvalue weighted by atomic mass is 32.2. The number of anilines is 2. The van der Waals surface area contributed by atoms with Gasteiger partial charge in [-0.1, -0.05) is 12.1 Å². The van der Waals surface area contributed by atoms with Crippen molar-refractivity contribution in [3.05, 3.63) is 54.1 Å². The number of ether oxygens (including phenoxy) is 1. The van der Waals surface area contributed by atoms with Crippen molar-refractivity contribution in [3.63, 3.8) is 0 Å². The molecule has 0 unspecified atom stereocenters. The van der Waals surface area contributed by atoms with Crippen LogP contribution in [0.15, 0.2) is 48.5 Å². The van der Waals surface area contributed by atoms with Crippen LogP contribution in [0.3, 0.4) is 0 Å². The lowest BCUT2D eigenvalue weighted by Gasteiger charge is -2.11. The predicted molar refractivity (Wildman–Crippen MR) is 109 cm³/mol. The molecule has 0 radical (unpaired) electrons. The van der Waals surface area contributed by atoms with E-state index in [1.54, 1.807) is 36.4 Å². The van der Waals surface area contributed by atoms with E-state index in [9.17, 15) is 14.4 Å². The topological polar surface area (TPSA) is 84.5 Å². The first-order chi connectivity index (χ1) is 13.0. The number of hydrogen-bond acceptors (Lipinski definition) is 5. The summed E-state index contributed by atoms with van der Waals surface area (Å²) >= 11 is 1.25. The van der Waals surface area contributed by atoms with Crippen LogP contribution in [0.5, 0.6) is 5.75 Å². The molecule has 6 nitrogen and oxygen atoms in total. The van der Waals surface area contributed by atoms with Gasteiger partial charge in [-0.05, 0) is 43.3 Å². The average Bonchev–Trinajstić information content (AvgIpc) is 2.63. The Morgan fingerprint density at radius 2 is 1.67 bits per heavy atom. The Morgan fingerprint density at radius 1 is 0.963 bits per heavy atom. The molecule has 2 aromatic rings. The van der Waals surface area contributed by atoms with Gasteiger partial charge in [0.25, 0.3) is 0 Å². The molecule has 7 heteroatoms. The third-order valence-electron chi connectivity index (χ3n) is 3.45. The molecule has 2 rings (SSSR count). The lowest BCUT2D eigenvalue weighted by atomic mass is 10.1. The van der Waals surface area contributed by atoms with E-state index in [4.69, 9.17) is 4.74 Å². The summed E-state index contributed by atoms with van der Waals surface area (Å²) in [4.78, 5) is 35.3. The molecule has 2 aromatic carbocycles. The number of benzene rings is 2. The van der Waals surface area contributed by atoms with Gasteiger partial charge >= 0.3 is 0 Å². The van der Waals surface area contributed by atoms with E-state index in [2.05, 4.69) is 10.6 Å². The maximum atomic E-state index is 12.2. The highest BCUT2D eigenvalue weighted by Crippen LogP contribution is 2.23. The fourth-order valence-corrected chi connectivity index (χ4v) is 3.01. The molecule has 2 amide bonds. The van der Waals surface area contributed by atoms with Crippen LogP contribution in [0.2, 0.25) is 0 Å². The van der Waals surface area contributed by atoms with Crippen LogP contribution in [0.4, 0.5) is 11.4 Å². The number of rotatable bonds is 9. The number of Topliss-reactive ketones (excluding diaryl/α,β-unsaturated/α-hetero) is 1. The van der Waals surface area contributed by atoms with Crippen molar-refractivity contribution in [3.8, 4) is 5.75 Å². The molecule has 0 bridgehead atoms. The number of amides is 2. The quantitative estimate of drug-likeness (QED) is 0.643. The fourth-order valence-electron chi connectivity index (χ4n) is 2.30. The average molecular weight is 386 g/mol. The molecule has 0 spiro atoms. The molecular formula is C20H22N2O4S. The van der Waals surface area contributed by atoms with Gasteiger partial charge in [-0.2, -0.15) is 0 Å². The number of para-hydroxylation sites is 2. The molecule has 0 saturated heterocycles. The third kappa shape index (κ3) is 6.79. The second kappa shape index (κ2) is 10.4. The van der Waals surface area contributed by atoms with Gasteiger partial charge in [-0.3, -0.25) is 14.4 Å². The van der Waals surface area contributed by atoms with Crippen molar-refractivity contribution in [1.82, 2.24) is 0 Å². The molecule has 27 heavy (non-hydrogen) atoms. The summed E-state index contributed by atoms with van der Waals surface area (Å²) in [5.74, 6) is 0.545. The second-order valence-corrected chi connectivity index (χ2v) is 6.64. The smallest absolute Gasteiger partial charge is 0.234 e. The zero-order valence-corrected chi connectivity index (χ0v) is 16.1. The molecule has 0 aromatic heterocycles. The normalized spacial score (nSPS) is 10.1. The highest BCUT2D eigenvalue weighted by molar-refractivity contribution is 8.00. The number of carbonyl (C=O) groups excluding carboxylic acids is 3. The standard InChI is InChI=1S/C20H22N2O4S/c1-3-26-19-7-5-4-6-17(19)22-20(25)13-27-12-18(24)15-8-10-16(11-9-15)21-14(2)23/h4-11H,3,12-13H2,1-2H3,(H,21,23)(H,22,25). The van der Waals surface area contributed by atoms with E-state index >= 15 is 0 Å². The first-order valence-electron chi connectivity index (χ1n) is 8.50. The summed E-state index contributed by atoms with van der Waals surface area (Å²) in [6, 6.07) is 13.9. The first kappa shape index (κ1) is 20.5. The van der Waals surface area contributed by atoms with Gasteiger partial charge in [-0.15, -0.1) is 11.8 Å². The molecule has 0 fully saturated rings. The minimum Gasteiger partial charge on any atom is -0.492 e. The summed E-state index contributed by atoms with van der Waals surface area (Å²) in [6.45, 7) is 3.81. The minimum absolute atomic E-state index is 0.0723. The number of carbonyl (C=O) groups is 3. The van der Waals surface area contributed by atoms with Crippen LogP contribution in [0.25, 0.3) is 0 Å². The van der Waals surface area contributed by atoms with Crippen molar-refractivity contribution in [2.75, 3.05) is 28.7 Å². The van der Waals surface area contributed by atoms with Crippen LogP contribution in [0, 0.1) is 0 Å². The van der Waals surface area contributed by atoms with Crippen molar-refractivity contribution in [2.45, 2.75) is 13.8 Å². The van der Waals surface area contributed by atoms with Gasteiger partial charge in [0.15, 0.2) is 5.78 Å². The van der Waals surface area contributed by atoms with E-state index in [0.29, 0.717) is 29.3 Å². The largest absolute Gasteiger partial charge is 0.492 e. The molecule has 0 aliphatic heterocycles. The van der Waals surface area contributed by atoms with Gasteiger partial charge in [0.05, 0.1) is 23.8 Å². The molecule has 0 heterocycles.